The molecule has 112 valence electrons. The van der Waals surface area contributed by atoms with E-state index < -0.39 is 5.97 Å². The molecule has 21 heavy (non-hydrogen) atoms. The lowest BCUT2D eigenvalue weighted by molar-refractivity contribution is 0.0694. The fourth-order valence-electron chi connectivity index (χ4n) is 2.29. The maximum Gasteiger partial charge on any atom is 0.338 e. The van der Waals surface area contributed by atoms with Crippen LogP contribution in [-0.4, -0.2) is 30.4 Å². The first kappa shape index (κ1) is 15.9. The van der Waals surface area contributed by atoms with Crippen LogP contribution in [0.1, 0.15) is 22.2 Å². The van der Waals surface area contributed by atoms with E-state index in [9.17, 15) is 9.90 Å². The molecule has 0 bridgehead atoms. The van der Waals surface area contributed by atoms with Gasteiger partial charge in [-0.15, -0.1) is 23.1 Å². The summed E-state index contributed by atoms with van der Waals surface area (Å²) in [5.41, 5.74) is 1.17. The summed E-state index contributed by atoms with van der Waals surface area (Å²) in [4.78, 5) is 15.8. The minimum absolute atomic E-state index is 0.235. The topological polar surface area (TPSA) is 40.5 Å². The van der Waals surface area contributed by atoms with E-state index in [0.29, 0.717) is 5.56 Å². The molecule has 1 heterocycles. The molecule has 1 aromatic heterocycles. The molecular weight excluding hydrogens is 302 g/mol. The first-order chi connectivity index (χ1) is 10.0. The molecular formula is C16H19NO2S2. The number of nitrogens with zero attached hydrogens (tertiary/aromatic N) is 1. The Hall–Kier alpha value is -1.46. The van der Waals surface area contributed by atoms with Crippen molar-refractivity contribution in [2.75, 3.05) is 18.2 Å². The zero-order valence-corrected chi connectivity index (χ0v) is 14.0. The molecule has 0 aliphatic heterocycles. The highest BCUT2D eigenvalue weighted by atomic mass is 32.2. The van der Waals surface area contributed by atoms with E-state index in [4.69, 9.17) is 0 Å². The number of benzene rings is 1. The van der Waals surface area contributed by atoms with Crippen LogP contribution >= 0.6 is 23.1 Å². The maximum atomic E-state index is 11.6. The molecule has 1 aromatic carbocycles. The van der Waals surface area contributed by atoms with Gasteiger partial charge in [0, 0.05) is 29.3 Å². The van der Waals surface area contributed by atoms with Gasteiger partial charge in [0.1, 0.15) is 0 Å². The predicted octanol–water partition coefficient (Wildman–Crippen LogP) is 4.24. The van der Waals surface area contributed by atoms with Crippen LogP contribution < -0.4 is 4.90 Å². The summed E-state index contributed by atoms with van der Waals surface area (Å²) in [6.45, 7) is 2.12. The van der Waals surface area contributed by atoms with Crippen molar-refractivity contribution < 1.29 is 9.90 Å². The van der Waals surface area contributed by atoms with Crippen LogP contribution in [0.3, 0.4) is 0 Å². The summed E-state index contributed by atoms with van der Waals surface area (Å²) in [6, 6.07) is 10.1. The monoisotopic (exact) mass is 321 g/mol. The molecule has 1 atom stereocenters. The van der Waals surface area contributed by atoms with Gasteiger partial charge < -0.3 is 10.0 Å². The summed E-state index contributed by atoms with van der Waals surface area (Å²) in [5.74, 6) is -0.870. The number of anilines is 1. The zero-order chi connectivity index (χ0) is 15.4. The summed E-state index contributed by atoms with van der Waals surface area (Å²) in [7, 11) is 1.96. The summed E-state index contributed by atoms with van der Waals surface area (Å²) in [5, 5.41) is 11.6. The van der Waals surface area contributed by atoms with Crippen molar-refractivity contribution in [2.24, 2.45) is 0 Å². The Bertz CT molecular complexity index is 611. The first-order valence-electron chi connectivity index (χ1n) is 6.70. The van der Waals surface area contributed by atoms with E-state index >= 15 is 0 Å². The van der Waals surface area contributed by atoms with Gasteiger partial charge >= 0.3 is 5.97 Å². The highest BCUT2D eigenvalue weighted by Gasteiger charge is 2.20. The van der Waals surface area contributed by atoms with E-state index in [2.05, 4.69) is 23.3 Å². The summed E-state index contributed by atoms with van der Waals surface area (Å²) >= 11 is 3.20. The normalized spacial score (nSPS) is 12.1. The van der Waals surface area contributed by atoms with Gasteiger partial charge in [0.05, 0.1) is 11.3 Å². The Morgan fingerprint density at radius 2 is 2.14 bits per heavy atom. The number of likely N-dealkylation sites (N-methyl/N-ethyl adjacent to an activating group) is 1. The van der Waals surface area contributed by atoms with Gasteiger partial charge in [0.15, 0.2) is 0 Å². The van der Waals surface area contributed by atoms with E-state index in [-0.39, 0.29) is 6.04 Å². The smallest absolute Gasteiger partial charge is 0.338 e. The van der Waals surface area contributed by atoms with Crippen LogP contribution in [-0.2, 0) is 6.42 Å². The van der Waals surface area contributed by atoms with E-state index in [1.165, 1.54) is 16.6 Å². The van der Waals surface area contributed by atoms with Crippen LogP contribution in [0.25, 0.3) is 0 Å². The van der Waals surface area contributed by atoms with Crippen molar-refractivity contribution in [1.82, 2.24) is 0 Å². The number of aromatic carboxylic acids is 1. The van der Waals surface area contributed by atoms with Crippen molar-refractivity contribution in [1.29, 1.82) is 0 Å². The third-order valence-corrected chi connectivity index (χ3v) is 5.23. The molecule has 2 rings (SSSR count). The molecule has 0 aliphatic rings. The van der Waals surface area contributed by atoms with Gasteiger partial charge in [0.2, 0.25) is 0 Å². The second kappa shape index (κ2) is 7.00. The lowest BCUT2D eigenvalue weighted by Crippen LogP contribution is -2.32. The minimum atomic E-state index is -0.870. The van der Waals surface area contributed by atoms with Crippen molar-refractivity contribution >= 4 is 34.8 Å². The fourth-order valence-corrected chi connectivity index (χ4v) is 3.73. The number of carbonyl (C=O) groups is 1. The van der Waals surface area contributed by atoms with E-state index in [0.717, 1.165) is 17.0 Å². The summed E-state index contributed by atoms with van der Waals surface area (Å²) in [6.07, 6.45) is 2.82. The molecule has 0 radical (unpaired) electrons. The number of thioether (sulfide) groups is 1. The van der Waals surface area contributed by atoms with Crippen LogP contribution in [0, 0.1) is 0 Å². The van der Waals surface area contributed by atoms with Crippen molar-refractivity contribution in [3.63, 3.8) is 0 Å². The molecule has 0 amide bonds. The Morgan fingerprint density at radius 3 is 2.71 bits per heavy atom. The molecule has 0 aliphatic carbocycles. The average Bonchev–Trinajstić information content (AvgIpc) is 2.98. The molecule has 1 N–H and O–H groups in total. The Kier molecular flexibility index (Phi) is 5.31. The van der Waals surface area contributed by atoms with Gasteiger partial charge in [-0.3, -0.25) is 0 Å². The first-order valence-corrected chi connectivity index (χ1v) is 8.80. The lowest BCUT2D eigenvalue weighted by Gasteiger charge is -2.28. The Balaban J connectivity index is 2.29. The van der Waals surface area contributed by atoms with Gasteiger partial charge in [-0.25, -0.2) is 4.79 Å². The maximum absolute atomic E-state index is 11.6. The Morgan fingerprint density at radius 1 is 1.38 bits per heavy atom. The van der Waals surface area contributed by atoms with Gasteiger partial charge in [0.25, 0.3) is 0 Å². The van der Waals surface area contributed by atoms with Crippen LogP contribution in [0.5, 0.6) is 0 Å². The van der Waals surface area contributed by atoms with E-state index in [1.807, 2.05) is 37.6 Å². The molecule has 1 unspecified atom stereocenters. The number of hydrogen-bond donors (Lipinski definition) is 1. The second-order valence-corrected chi connectivity index (χ2v) is 6.78. The predicted molar refractivity (Wildman–Crippen MR) is 91.1 cm³/mol. The molecule has 0 spiro atoms. The minimum Gasteiger partial charge on any atom is -0.478 e. The zero-order valence-electron chi connectivity index (χ0n) is 12.4. The standard InChI is InChI=1S/C16H19NO2S2/c1-11(10-12-6-5-9-21-12)17(2)13-7-4-8-14(20-3)15(13)16(18)19/h4-9,11H,10H2,1-3H3,(H,18,19). The molecule has 0 saturated heterocycles. The van der Waals surface area contributed by atoms with Crippen molar-refractivity contribution in [2.45, 2.75) is 24.3 Å². The third-order valence-electron chi connectivity index (χ3n) is 3.56. The number of hydrogen-bond acceptors (Lipinski definition) is 4. The molecule has 3 nitrogen and oxygen atoms in total. The van der Waals surface area contributed by atoms with Crippen LogP contribution in [0.15, 0.2) is 40.6 Å². The van der Waals surface area contributed by atoms with E-state index in [1.54, 1.807) is 11.3 Å². The lowest BCUT2D eigenvalue weighted by atomic mass is 10.1. The Labute approximate surface area is 133 Å². The van der Waals surface area contributed by atoms with Crippen LogP contribution in [0.4, 0.5) is 5.69 Å². The van der Waals surface area contributed by atoms with Gasteiger partial charge in [-0.1, -0.05) is 12.1 Å². The fraction of sp³-hybridized carbons (Fsp3) is 0.312. The van der Waals surface area contributed by atoms with Crippen molar-refractivity contribution in [3.05, 3.63) is 46.2 Å². The molecule has 2 aromatic rings. The number of carboxylic acid groups (broad SMARTS) is 1. The SMILES string of the molecule is CSc1cccc(N(C)C(C)Cc2cccs2)c1C(=O)O. The largest absolute Gasteiger partial charge is 0.478 e. The molecule has 0 fully saturated rings. The van der Waals surface area contributed by atoms with Gasteiger partial charge in [-0.05, 0) is 36.8 Å². The number of thiophene rings is 1. The summed E-state index contributed by atoms with van der Waals surface area (Å²) < 4.78 is 0. The number of rotatable bonds is 6. The third kappa shape index (κ3) is 3.60. The number of carboxylic acids is 1. The van der Waals surface area contributed by atoms with Crippen molar-refractivity contribution in [3.8, 4) is 0 Å². The van der Waals surface area contributed by atoms with Crippen LogP contribution in [0.2, 0.25) is 0 Å². The molecule has 0 saturated carbocycles. The quantitative estimate of drug-likeness (QED) is 0.808. The molecule has 5 heteroatoms. The highest BCUT2D eigenvalue weighted by Crippen LogP contribution is 2.30. The highest BCUT2D eigenvalue weighted by molar-refractivity contribution is 7.98. The second-order valence-electron chi connectivity index (χ2n) is 4.90. The average molecular weight is 321 g/mol. The van der Waals surface area contributed by atoms with Gasteiger partial charge in [-0.2, -0.15) is 0 Å².